The van der Waals surface area contributed by atoms with Gasteiger partial charge in [0.15, 0.2) is 0 Å². The van der Waals surface area contributed by atoms with E-state index in [9.17, 15) is 4.79 Å². The van der Waals surface area contributed by atoms with Gasteiger partial charge in [-0.2, -0.15) is 0 Å². The predicted molar refractivity (Wildman–Crippen MR) is 70.4 cm³/mol. The van der Waals surface area contributed by atoms with Crippen LogP contribution in [0.25, 0.3) is 0 Å². The van der Waals surface area contributed by atoms with Gasteiger partial charge in [0.05, 0.1) is 12.9 Å². The quantitative estimate of drug-likeness (QED) is 0.553. The van der Waals surface area contributed by atoms with Gasteiger partial charge in [0.1, 0.15) is 10.2 Å². The Balaban J connectivity index is 2.18. The van der Waals surface area contributed by atoms with Crippen molar-refractivity contribution in [3.05, 3.63) is 20.3 Å². The number of H-pyrrole nitrogens is 1. The van der Waals surface area contributed by atoms with Crippen LogP contribution in [-0.2, 0) is 9.47 Å². The molecule has 1 rings (SSSR count). The van der Waals surface area contributed by atoms with Gasteiger partial charge in [-0.25, -0.2) is 4.98 Å². The summed E-state index contributed by atoms with van der Waals surface area (Å²) < 4.78 is 16.0. The van der Waals surface area contributed by atoms with Crippen LogP contribution in [0.2, 0.25) is 0 Å². The van der Waals surface area contributed by atoms with E-state index < -0.39 is 0 Å². The normalized spacial score (nSPS) is 10.5. The number of rotatable bonds is 8. The van der Waals surface area contributed by atoms with Crippen LogP contribution in [0.5, 0.6) is 5.88 Å². The summed E-state index contributed by atoms with van der Waals surface area (Å²) in [5.41, 5.74) is -0.198. The first-order valence-corrected chi connectivity index (χ1v) is 6.26. The van der Waals surface area contributed by atoms with E-state index in [1.807, 2.05) is 22.6 Å². The van der Waals surface area contributed by atoms with Crippen molar-refractivity contribution in [1.29, 1.82) is 0 Å². The van der Waals surface area contributed by atoms with E-state index in [2.05, 4.69) is 9.97 Å². The standard InChI is InChI=1S/C10H15IN2O4/c1-15-3-2-4-16-5-6-17-10-8(11)9(14)12-7-13-10/h7H,2-6H2,1H3,(H,12,13,14). The fraction of sp³-hybridized carbons (Fsp3) is 0.600. The summed E-state index contributed by atoms with van der Waals surface area (Å²) >= 11 is 1.90. The second-order valence-electron chi connectivity index (χ2n) is 3.16. The molecule has 1 N–H and O–H groups in total. The SMILES string of the molecule is COCCCOCCOc1nc[nH]c(=O)c1I. The monoisotopic (exact) mass is 354 g/mol. The number of ether oxygens (including phenoxy) is 3. The summed E-state index contributed by atoms with van der Waals surface area (Å²) in [6, 6.07) is 0. The lowest BCUT2D eigenvalue weighted by atomic mass is 10.5. The Morgan fingerprint density at radius 1 is 1.35 bits per heavy atom. The predicted octanol–water partition coefficient (Wildman–Crippen LogP) is 0.806. The molecule has 0 amide bonds. The molecular weight excluding hydrogens is 339 g/mol. The molecule has 0 saturated carbocycles. The molecule has 7 heteroatoms. The molecule has 17 heavy (non-hydrogen) atoms. The Kier molecular flexibility index (Phi) is 7.13. The Hall–Kier alpha value is -0.670. The van der Waals surface area contributed by atoms with E-state index >= 15 is 0 Å². The van der Waals surface area contributed by atoms with Gasteiger partial charge in [0.25, 0.3) is 5.56 Å². The minimum absolute atomic E-state index is 0.198. The summed E-state index contributed by atoms with van der Waals surface area (Å²) in [4.78, 5) is 17.6. The number of aromatic amines is 1. The van der Waals surface area contributed by atoms with E-state index in [-0.39, 0.29) is 5.56 Å². The first-order chi connectivity index (χ1) is 8.25. The van der Waals surface area contributed by atoms with Crippen LogP contribution in [0.15, 0.2) is 11.1 Å². The smallest absolute Gasteiger partial charge is 0.268 e. The third-order valence-electron chi connectivity index (χ3n) is 1.87. The van der Waals surface area contributed by atoms with Gasteiger partial charge in [-0.1, -0.05) is 0 Å². The maximum Gasteiger partial charge on any atom is 0.268 e. The van der Waals surface area contributed by atoms with Crippen molar-refractivity contribution in [3.8, 4) is 5.88 Å². The van der Waals surface area contributed by atoms with Crippen LogP contribution >= 0.6 is 22.6 Å². The van der Waals surface area contributed by atoms with Crippen molar-refractivity contribution >= 4 is 22.6 Å². The molecule has 1 aromatic heterocycles. The lowest BCUT2D eigenvalue weighted by Gasteiger charge is -2.06. The summed E-state index contributed by atoms with van der Waals surface area (Å²) in [6.07, 6.45) is 2.18. The zero-order valence-corrected chi connectivity index (χ0v) is 11.7. The molecule has 0 atom stereocenters. The van der Waals surface area contributed by atoms with Crippen molar-refractivity contribution < 1.29 is 14.2 Å². The van der Waals surface area contributed by atoms with E-state index in [1.165, 1.54) is 6.33 Å². The van der Waals surface area contributed by atoms with E-state index in [4.69, 9.17) is 14.2 Å². The van der Waals surface area contributed by atoms with Crippen LogP contribution in [0.4, 0.5) is 0 Å². The second-order valence-corrected chi connectivity index (χ2v) is 4.24. The molecular formula is C10H15IN2O4. The van der Waals surface area contributed by atoms with E-state index in [0.29, 0.717) is 35.9 Å². The lowest BCUT2D eigenvalue weighted by molar-refractivity contribution is 0.0792. The van der Waals surface area contributed by atoms with Crippen LogP contribution in [-0.4, -0.2) is 43.5 Å². The zero-order chi connectivity index (χ0) is 12.5. The van der Waals surface area contributed by atoms with Gasteiger partial charge in [-0.3, -0.25) is 4.79 Å². The fourth-order valence-corrected chi connectivity index (χ4v) is 1.52. The van der Waals surface area contributed by atoms with Gasteiger partial charge in [-0.05, 0) is 29.0 Å². The number of nitrogens with one attached hydrogen (secondary N) is 1. The summed E-state index contributed by atoms with van der Waals surface area (Å²) in [7, 11) is 1.66. The maximum atomic E-state index is 11.2. The topological polar surface area (TPSA) is 73.4 Å². The molecule has 0 fully saturated rings. The number of halogens is 1. The molecule has 0 aliphatic heterocycles. The third-order valence-corrected chi connectivity index (χ3v) is 2.82. The molecule has 96 valence electrons. The van der Waals surface area contributed by atoms with Gasteiger partial charge in [0, 0.05) is 20.3 Å². The number of nitrogens with zero attached hydrogens (tertiary/aromatic N) is 1. The Morgan fingerprint density at radius 3 is 2.94 bits per heavy atom. The largest absolute Gasteiger partial charge is 0.474 e. The summed E-state index contributed by atoms with van der Waals surface area (Å²) in [5, 5.41) is 0. The third kappa shape index (κ3) is 5.46. The Bertz CT molecular complexity index is 383. The minimum Gasteiger partial charge on any atom is -0.474 e. The van der Waals surface area contributed by atoms with Crippen LogP contribution in [0, 0.1) is 3.57 Å². The van der Waals surface area contributed by atoms with Gasteiger partial charge < -0.3 is 19.2 Å². The molecule has 0 aromatic carbocycles. The summed E-state index contributed by atoms with van der Waals surface area (Å²) in [6.45, 7) is 2.17. The maximum absolute atomic E-state index is 11.2. The number of methoxy groups -OCH3 is 1. The summed E-state index contributed by atoms with van der Waals surface area (Å²) in [5.74, 6) is 0.342. The lowest BCUT2D eigenvalue weighted by Crippen LogP contribution is -2.15. The van der Waals surface area contributed by atoms with Gasteiger partial charge >= 0.3 is 0 Å². The molecule has 0 radical (unpaired) electrons. The number of aromatic nitrogens is 2. The Morgan fingerprint density at radius 2 is 2.18 bits per heavy atom. The van der Waals surface area contributed by atoms with Crippen molar-refractivity contribution in [1.82, 2.24) is 9.97 Å². The van der Waals surface area contributed by atoms with Crippen LogP contribution in [0.1, 0.15) is 6.42 Å². The van der Waals surface area contributed by atoms with E-state index in [1.54, 1.807) is 7.11 Å². The molecule has 0 unspecified atom stereocenters. The highest BCUT2D eigenvalue weighted by Gasteiger charge is 2.05. The molecule has 1 aromatic rings. The van der Waals surface area contributed by atoms with E-state index in [0.717, 1.165) is 6.42 Å². The molecule has 6 nitrogen and oxygen atoms in total. The van der Waals surface area contributed by atoms with Gasteiger partial charge in [-0.15, -0.1) is 0 Å². The highest BCUT2D eigenvalue weighted by atomic mass is 127. The average Bonchev–Trinajstić information content (AvgIpc) is 2.33. The average molecular weight is 354 g/mol. The zero-order valence-electron chi connectivity index (χ0n) is 9.57. The molecule has 0 saturated heterocycles. The minimum atomic E-state index is -0.198. The van der Waals surface area contributed by atoms with Crippen molar-refractivity contribution in [2.45, 2.75) is 6.42 Å². The first-order valence-electron chi connectivity index (χ1n) is 5.18. The molecule has 0 bridgehead atoms. The molecule has 0 aliphatic carbocycles. The fourth-order valence-electron chi connectivity index (χ4n) is 1.07. The van der Waals surface area contributed by atoms with Crippen molar-refractivity contribution in [3.63, 3.8) is 0 Å². The molecule has 0 aliphatic rings. The highest BCUT2D eigenvalue weighted by molar-refractivity contribution is 14.1. The number of hydrogen-bond acceptors (Lipinski definition) is 5. The van der Waals surface area contributed by atoms with Crippen molar-refractivity contribution in [2.24, 2.45) is 0 Å². The van der Waals surface area contributed by atoms with Gasteiger partial charge in [0.2, 0.25) is 5.88 Å². The molecule has 0 spiro atoms. The number of hydrogen-bond donors (Lipinski definition) is 1. The molecule has 1 heterocycles. The first kappa shape index (κ1) is 14.4. The van der Waals surface area contributed by atoms with Crippen LogP contribution < -0.4 is 10.3 Å². The van der Waals surface area contributed by atoms with Crippen LogP contribution in [0.3, 0.4) is 0 Å². The Labute approximate surface area is 113 Å². The van der Waals surface area contributed by atoms with Crippen molar-refractivity contribution in [2.75, 3.05) is 33.5 Å². The second kappa shape index (κ2) is 8.43. The highest BCUT2D eigenvalue weighted by Crippen LogP contribution is 2.11.